The van der Waals surface area contributed by atoms with Crippen LogP contribution in [0.1, 0.15) is 32.1 Å². The summed E-state index contributed by atoms with van der Waals surface area (Å²) < 4.78 is 0. The fraction of sp³-hybridized carbons (Fsp3) is 0.917. The lowest BCUT2D eigenvalue weighted by Crippen LogP contribution is -2.57. The summed E-state index contributed by atoms with van der Waals surface area (Å²) >= 11 is 0. The first-order valence-corrected chi connectivity index (χ1v) is 6.67. The van der Waals surface area contributed by atoms with E-state index in [1.807, 2.05) is 0 Å². The highest BCUT2D eigenvalue weighted by Gasteiger charge is 2.37. The summed E-state index contributed by atoms with van der Waals surface area (Å²) in [6, 6.07) is 1.63. The van der Waals surface area contributed by atoms with Crippen LogP contribution in [0.25, 0.3) is 0 Å². The Hall–Kier alpha value is -0.810. The predicted molar refractivity (Wildman–Crippen MR) is 67.8 cm³/mol. The number of rotatable bonds is 4. The van der Waals surface area contributed by atoms with Crippen LogP contribution in [0.15, 0.2) is 0 Å². The molecule has 2 heterocycles. The number of nitrogens with two attached hydrogens (primary N) is 1. The predicted octanol–water partition coefficient (Wildman–Crippen LogP) is 0.260. The molecule has 0 aromatic heterocycles. The molecule has 0 aliphatic carbocycles. The van der Waals surface area contributed by atoms with Gasteiger partial charge in [0.05, 0.1) is 0 Å². The minimum atomic E-state index is -0.416. The molecule has 2 fully saturated rings. The van der Waals surface area contributed by atoms with E-state index in [2.05, 4.69) is 22.6 Å². The summed E-state index contributed by atoms with van der Waals surface area (Å²) in [5.74, 6) is 0. The van der Waals surface area contributed by atoms with Gasteiger partial charge in [-0.3, -0.25) is 4.90 Å². The van der Waals surface area contributed by atoms with Crippen LogP contribution in [0, 0.1) is 0 Å². The molecule has 2 amide bonds. The molecule has 5 heteroatoms. The molecule has 0 aromatic rings. The van der Waals surface area contributed by atoms with E-state index < -0.39 is 6.03 Å². The standard InChI is InChI=1S/C12H24N4O/c1-14-9-7-10-3-2-4-11(8-9)16(10)6-5-15-12(13)17/h9-11,14H,2-8H2,1H3,(H3,13,15,17). The number of hydrogen-bond donors (Lipinski definition) is 3. The summed E-state index contributed by atoms with van der Waals surface area (Å²) in [7, 11) is 2.06. The van der Waals surface area contributed by atoms with Crippen LogP contribution in [0.5, 0.6) is 0 Å². The van der Waals surface area contributed by atoms with E-state index in [4.69, 9.17) is 5.73 Å². The van der Waals surface area contributed by atoms with Crippen LogP contribution in [0.3, 0.4) is 0 Å². The van der Waals surface area contributed by atoms with Crippen molar-refractivity contribution in [2.45, 2.75) is 50.2 Å². The number of amides is 2. The first-order valence-electron chi connectivity index (χ1n) is 6.67. The fourth-order valence-electron chi connectivity index (χ4n) is 3.39. The third-order valence-electron chi connectivity index (χ3n) is 4.20. The summed E-state index contributed by atoms with van der Waals surface area (Å²) in [6.07, 6.45) is 6.43. The minimum Gasteiger partial charge on any atom is -0.352 e. The number of nitrogens with one attached hydrogen (secondary N) is 2. The summed E-state index contributed by atoms with van der Waals surface area (Å²) in [5.41, 5.74) is 5.09. The second kappa shape index (κ2) is 5.69. The van der Waals surface area contributed by atoms with E-state index in [1.165, 1.54) is 32.1 Å². The van der Waals surface area contributed by atoms with Crippen LogP contribution < -0.4 is 16.4 Å². The molecule has 2 saturated heterocycles. The average molecular weight is 240 g/mol. The molecule has 0 aromatic carbocycles. The summed E-state index contributed by atoms with van der Waals surface area (Å²) in [5, 5.41) is 6.10. The maximum absolute atomic E-state index is 10.7. The monoisotopic (exact) mass is 240 g/mol. The van der Waals surface area contributed by atoms with Crippen molar-refractivity contribution in [2.75, 3.05) is 20.1 Å². The highest BCUT2D eigenvalue weighted by molar-refractivity contribution is 5.71. The Bertz CT molecular complexity index is 257. The average Bonchev–Trinajstić information content (AvgIpc) is 2.27. The second-order valence-electron chi connectivity index (χ2n) is 5.22. The molecule has 2 bridgehead atoms. The van der Waals surface area contributed by atoms with E-state index in [9.17, 15) is 4.79 Å². The number of fused-ring (bicyclic) bond motifs is 2. The molecular weight excluding hydrogens is 216 g/mol. The van der Waals surface area contributed by atoms with Gasteiger partial charge in [-0.2, -0.15) is 0 Å². The highest BCUT2D eigenvalue weighted by Crippen LogP contribution is 2.33. The third kappa shape index (κ3) is 3.10. The van der Waals surface area contributed by atoms with Crippen molar-refractivity contribution in [2.24, 2.45) is 5.73 Å². The molecule has 0 radical (unpaired) electrons. The van der Waals surface area contributed by atoms with Crippen molar-refractivity contribution in [3.63, 3.8) is 0 Å². The zero-order chi connectivity index (χ0) is 12.3. The normalized spacial score (nSPS) is 33.4. The van der Waals surface area contributed by atoms with Crippen molar-refractivity contribution in [3.8, 4) is 0 Å². The Morgan fingerprint density at radius 1 is 1.35 bits per heavy atom. The lowest BCUT2D eigenvalue weighted by molar-refractivity contribution is 0.0276. The van der Waals surface area contributed by atoms with E-state index in [-0.39, 0.29) is 0 Å². The van der Waals surface area contributed by atoms with Gasteiger partial charge >= 0.3 is 6.03 Å². The van der Waals surface area contributed by atoms with Gasteiger partial charge in [0.25, 0.3) is 0 Å². The zero-order valence-corrected chi connectivity index (χ0v) is 10.6. The van der Waals surface area contributed by atoms with E-state index in [0.717, 1.165) is 6.54 Å². The van der Waals surface area contributed by atoms with Gasteiger partial charge in [-0.1, -0.05) is 6.42 Å². The Kier molecular flexibility index (Phi) is 4.23. The second-order valence-corrected chi connectivity index (χ2v) is 5.22. The first kappa shape index (κ1) is 12.6. The van der Waals surface area contributed by atoms with Gasteiger partial charge < -0.3 is 16.4 Å². The lowest BCUT2D eigenvalue weighted by Gasteiger charge is -2.49. The Morgan fingerprint density at radius 3 is 2.53 bits per heavy atom. The fourth-order valence-corrected chi connectivity index (χ4v) is 3.39. The molecule has 5 nitrogen and oxygen atoms in total. The van der Waals surface area contributed by atoms with Crippen molar-refractivity contribution < 1.29 is 4.79 Å². The summed E-state index contributed by atoms with van der Waals surface area (Å²) in [4.78, 5) is 13.2. The number of carbonyl (C=O) groups excluding carboxylic acids is 1. The molecule has 0 spiro atoms. The van der Waals surface area contributed by atoms with Crippen molar-refractivity contribution in [1.82, 2.24) is 15.5 Å². The Morgan fingerprint density at radius 2 is 2.00 bits per heavy atom. The van der Waals surface area contributed by atoms with Gasteiger partial charge in [0.2, 0.25) is 0 Å². The van der Waals surface area contributed by atoms with Crippen LogP contribution in [0.4, 0.5) is 4.79 Å². The number of piperidine rings is 2. The van der Waals surface area contributed by atoms with Gasteiger partial charge in [0.15, 0.2) is 0 Å². The van der Waals surface area contributed by atoms with Crippen LogP contribution in [0.2, 0.25) is 0 Å². The van der Waals surface area contributed by atoms with Gasteiger partial charge in [-0.15, -0.1) is 0 Å². The van der Waals surface area contributed by atoms with Crippen molar-refractivity contribution >= 4 is 6.03 Å². The molecule has 0 saturated carbocycles. The Balaban J connectivity index is 1.86. The molecule has 2 aliphatic rings. The highest BCUT2D eigenvalue weighted by atomic mass is 16.2. The molecule has 2 rings (SSSR count). The number of primary amides is 1. The molecule has 4 N–H and O–H groups in total. The molecule has 2 unspecified atom stereocenters. The van der Waals surface area contributed by atoms with Crippen molar-refractivity contribution in [1.29, 1.82) is 0 Å². The summed E-state index contributed by atoms with van der Waals surface area (Å²) in [6.45, 7) is 1.61. The van der Waals surface area contributed by atoms with Crippen molar-refractivity contribution in [3.05, 3.63) is 0 Å². The lowest BCUT2D eigenvalue weighted by atomic mass is 9.82. The van der Waals surface area contributed by atoms with Gasteiger partial charge in [0, 0.05) is 31.2 Å². The number of carbonyl (C=O) groups is 1. The molecule has 2 atom stereocenters. The first-order chi connectivity index (χ1) is 8.20. The number of nitrogens with zero attached hydrogens (tertiary/aromatic N) is 1. The Labute approximate surface area is 103 Å². The smallest absolute Gasteiger partial charge is 0.312 e. The van der Waals surface area contributed by atoms with Gasteiger partial charge in [-0.25, -0.2) is 4.79 Å². The van der Waals surface area contributed by atoms with Gasteiger partial charge in [0.1, 0.15) is 0 Å². The number of hydrogen-bond acceptors (Lipinski definition) is 3. The van der Waals surface area contributed by atoms with E-state index in [0.29, 0.717) is 24.7 Å². The molecular formula is C12H24N4O. The molecule has 98 valence electrons. The largest absolute Gasteiger partial charge is 0.352 e. The SMILES string of the molecule is CNC1CC2CCCC(C1)N2CCNC(N)=O. The van der Waals surface area contributed by atoms with Crippen LogP contribution >= 0.6 is 0 Å². The molecule has 2 aliphatic heterocycles. The number of urea groups is 1. The topological polar surface area (TPSA) is 70.4 Å². The minimum absolute atomic E-state index is 0.416. The third-order valence-corrected chi connectivity index (χ3v) is 4.20. The van der Waals surface area contributed by atoms with E-state index in [1.54, 1.807) is 0 Å². The maximum Gasteiger partial charge on any atom is 0.312 e. The molecule has 17 heavy (non-hydrogen) atoms. The van der Waals surface area contributed by atoms with E-state index >= 15 is 0 Å². The zero-order valence-electron chi connectivity index (χ0n) is 10.6. The van der Waals surface area contributed by atoms with Crippen LogP contribution in [-0.2, 0) is 0 Å². The quantitative estimate of drug-likeness (QED) is 0.660. The maximum atomic E-state index is 10.7. The van der Waals surface area contributed by atoms with Crippen LogP contribution in [-0.4, -0.2) is 49.2 Å². The van der Waals surface area contributed by atoms with Gasteiger partial charge in [-0.05, 0) is 32.7 Å².